The average molecular weight is 491 g/mol. The molecule has 0 radical (unpaired) electrons. The quantitative estimate of drug-likeness (QED) is 0.682. The van der Waals surface area contributed by atoms with Crippen LogP contribution in [0.15, 0.2) is 41.4 Å². The number of aromatic nitrogens is 2. The SMILES string of the molecule is CN1C(=O)C2C(N=CN2CC(=O)Nc2ccc(-c3ccc(N4CCCCCC4)nn3)cc2)N(C)C1=O. The molecule has 11 heteroatoms. The third-order valence-electron chi connectivity index (χ3n) is 6.95. The van der Waals surface area contributed by atoms with Gasteiger partial charge in [0.15, 0.2) is 18.0 Å². The molecule has 2 atom stereocenters. The molecule has 0 bridgehead atoms. The zero-order chi connectivity index (χ0) is 25.2. The number of nitrogens with one attached hydrogen (secondary N) is 1. The van der Waals surface area contributed by atoms with Gasteiger partial charge in [-0.15, -0.1) is 10.2 Å². The highest BCUT2D eigenvalue weighted by Gasteiger charge is 2.48. The number of carbonyl (C=O) groups is 3. The Morgan fingerprint density at radius 1 is 0.972 bits per heavy atom. The van der Waals surface area contributed by atoms with Gasteiger partial charge in [-0.25, -0.2) is 9.79 Å². The molecule has 3 aliphatic rings. The third-order valence-corrected chi connectivity index (χ3v) is 6.95. The van der Waals surface area contributed by atoms with Crippen LogP contribution in [0.1, 0.15) is 25.7 Å². The largest absolute Gasteiger partial charge is 0.355 e. The fourth-order valence-corrected chi connectivity index (χ4v) is 4.88. The van der Waals surface area contributed by atoms with E-state index >= 15 is 0 Å². The number of hydrogen-bond acceptors (Lipinski definition) is 8. The fourth-order valence-electron chi connectivity index (χ4n) is 4.88. The van der Waals surface area contributed by atoms with Crippen molar-refractivity contribution in [1.29, 1.82) is 0 Å². The van der Waals surface area contributed by atoms with Crippen molar-refractivity contribution in [3.63, 3.8) is 0 Å². The van der Waals surface area contributed by atoms with Gasteiger partial charge in [0.2, 0.25) is 5.91 Å². The van der Waals surface area contributed by atoms with Gasteiger partial charge in [-0.05, 0) is 37.1 Å². The van der Waals surface area contributed by atoms with E-state index in [-0.39, 0.29) is 18.4 Å². The number of anilines is 2. The van der Waals surface area contributed by atoms with Crippen LogP contribution in [0.4, 0.5) is 16.3 Å². The first kappa shape index (κ1) is 23.7. The predicted molar refractivity (Wildman–Crippen MR) is 135 cm³/mol. The highest BCUT2D eigenvalue weighted by atomic mass is 16.2. The van der Waals surface area contributed by atoms with Crippen LogP contribution in [0.2, 0.25) is 0 Å². The van der Waals surface area contributed by atoms with Gasteiger partial charge in [-0.2, -0.15) is 0 Å². The number of imide groups is 1. The number of benzene rings is 1. The van der Waals surface area contributed by atoms with Crippen LogP contribution in [0.3, 0.4) is 0 Å². The summed E-state index contributed by atoms with van der Waals surface area (Å²) in [7, 11) is 3.03. The number of fused-ring (bicyclic) bond motifs is 1. The Morgan fingerprint density at radius 3 is 2.36 bits per heavy atom. The van der Waals surface area contributed by atoms with Gasteiger partial charge in [0.05, 0.1) is 18.6 Å². The number of likely N-dealkylation sites (N-methyl/N-ethyl adjacent to an activating group) is 2. The van der Waals surface area contributed by atoms with Gasteiger partial charge in [0.1, 0.15) is 0 Å². The smallest absolute Gasteiger partial charge is 0.328 e. The number of aliphatic imine (C=N–C) groups is 1. The van der Waals surface area contributed by atoms with Gasteiger partial charge in [0.25, 0.3) is 5.91 Å². The molecule has 0 spiro atoms. The van der Waals surface area contributed by atoms with Crippen molar-refractivity contribution in [3.8, 4) is 11.3 Å². The van der Waals surface area contributed by atoms with Crippen molar-refractivity contribution in [3.05, 3.63) is 36.4 Å². The lowest BCUT2D eigenvalue weighted by Crippen LogP contribution is -2.64. The van der Waals surface area contributed by atoms with Crippen LogP contribution in [0.5, 0.6) is 0 Å². The van der Waals surface area contributed by atoms with E-state index < -0.39 is 18.2 Å². The summed E-state index contributed by atoms with van der Waals surface area (Å²) in [6.07, 6.45) is 5.75. The third kappa shape index (κ3) is 4.60. The second-order valence-corrected chi connectivity index (χ2v) is 9.39. The van der Waals surface area contributed by atoms with Crippen LogP contribution in [0, 0.1) is 0 Å². The number of rotatable bonds is 5. The van der Waals surface area contributed by atoms with E-state index in [1.54, 1.807) is 11.9 Å². The Bertz CT molecular complexity index is 1160. The minimum Gasteiger partial charge on any atom is -0.355 e. The van der Waals surface area contributed by atoms with E-state index in [1.165, 1.54) is 44.0 Å². The van der Waals surface area contributed by atoms with Crippen molar-refractivity contribution >= 4 is 35.7 Å². The zero-order valence-corrected chi connectivity index (χ0v) is 20.5. The first-order chi connectivity index (χ1) is 17.4. The van der Waals surface area contributed by atoms with Gasteiger partial charge in [-0.3, -0.25) is 14.5 Å². The summed E-state index contributed by atoms with van der Waals surface area (Å²) < 4.78 is 0. The van der Waals surface area contributed by atoms with E-state index in [1.807, 2.05) is 36.4 Å². The minimum absolute atomic E-state index is 0.0581. The summed E-state index contributed by atoms with van der Waals surface area (Å²) in [6.45, 7) is 1.98. The summed E-state index contributed by atoms with van der Waals surface area (Å²) in [5.74, 6) is 0.252. The fraction of sp³-hybridized carbons (Fsp3) is 0.440. The van der Waals surface area contributed by atoms with Gasteiger partial charge in [0, 0.05) is 38.4 Å². The molecule has 5 rings (SSSR count). The number of urea groups is 1. The van der Waals surface area contributed by atoms with E-state index in [4.69, 9.17) is 0 Å². The molecule has 2 aromatic rings. The summed E-state index contributed by atoms with van der Waals surface area (Å²) in [5, 5.41) is 11.7. The zero-order valence-electron chi connectivity index (χ0n) is 20.5. The molecular weight excluding hydrogens is 460 g/mol. The Labute approximate surface area is 209 Å². The molecule has 188 valence electrons. The predicted octanol–water partition coefficient (Wildman–Crippen LogP) is 2.02. The first-order valence-corrected chi connectivity index (χ1v) is 12.2. The monoisotopic (exact) mass is 490 g/mol. The Morgan fingerprint density at radius 2 is 1.69 bits per heavy atom. The summed E-state index contributed by atoms with van der Waals surface area (Å²) in [4.78, 5) is 48.0. The molecular formula is C25H30N8O3. The summed E-state index contributed by atoms with van der Waals surface area (Å²) in [5.41, 5.74) is 2.30. The number of carbonyl (C=O) groups excluding carboxylic acids is 3. The Balaban J connectivity index is 1.19. The highest BCUT2D eigenvalue weighted by Crippen LogP contribution is 2.25. The van der Waals surface area contributed by atoms with Crippen molar-refractivity contribution in [1.82, 2.24) is 24.9 Å². The lowest BCUT2D eigenvalue weighted by molar-refractivity contribution is -0.136. The van der Waals surface area contributed by atoms with E-state index in [0.717, 1.165) is 35.1 Å². The average Bonchev–Trinajstić information content (AvgIpc) is 3.11. The number of nitrogens with zero attached hydrogens (tertiary/aromatic N) is 7. The molecule has 0 aliphatic carbocycles. The lowest BCUT2D eigenvalue weighted by Gasteiger charge is -2.39. The van der Waals surface area contributed by atoms with Crippen molar-refractivity contribution in [2.24, 2.45) is 4.99 Å². The summed E-state index contributed by atoms with van der Waals surface area (Å²) in [6, 6.07) is 10.3. The first-order valence-electron chi connectivity index (χ1n) is 12.2. The topological polar surface area (TPSA) is 114 Å². The Kier molecular flexibility index (Phi) is 6.53. The van der Waals surface area contributed by atoms with Gasteiger partial charge in [-0.1, -0.05) is 25.0 Å². The van der Waals surface area contributed by atoms with Crippen molar-refractivity contribution in [2.75, 3.05) is 43.9 Å². The van der Waals surface area contributed by atoms with E-state index in [2.05, 4.69) is 25.4 Å². The van der Waals surface area contributed by atoms with Crippen LogP contribution in [-0.2, 0) is 9.59 Å². The summed E-state index contributed by atoms with van der Waals surface area (Å²) >= 11 is 0. The molecule has 3 aliphatic heterocycles. The number of amides is 4. The minimum atomic E-state index is -0.707. The second-order valence-electron chi connectivity index (χ2n) is 9.39. The molecule has 0 saturated carbocycles. The highest BCUT2D eigenvalue weighted by molar-refractivity contribution is 6.02. The van der Waals surface area contributed by atoms with E-state index in [9.17, 15) is 14.4 Å². The lowest BCUT2D eigenvalue weighted by atomic mass is 10.1. The number of hydrogen-bond donors (Lipinski definition) is 1. The van der Waals surface area contributed by atoms with E-state index in [0.29, 0.717) is 5.69 Å². The van der Waals surface area contributed by atoms with Gasteiger partial charge >= 0.3 is 6.03 Å². The molecule has 1 aromatic heterocycles. The van der Waals surface area contributed by atoms with Crippen molar-refractivity contribution < 1.29 is 14.4 Å². The second kappa shape index (κ2) is 9.92. The molecule has 2 fully saturated rings. The molecule has 1 N–H and O–H groups in total. The molecule has 4 heterocycles. The van der Waals surface area contributed by atoms with Crippen molar-refractivity contribution in [2.45, 2.75) is 37.9 Å². The van der Waals surface area contributed by atoms with Gasteiger partial charge < -0.3 is 20.0 Å². The maximum absolute atomic E-state index is 12.7. The molecule has 2 unspecified atom stereocenters. The van der Waals surface area contributed by atoms with Crippen LogP contribution in [0.25, 0.3) is 11.3 Å². The molecule has 4 amide bonds. The maximum Gasteiger partial charge on any atom is 0.328 e. The molecule has 11 nitrogen and oxygen atoms in total. The maximum atomic E-state index is 12.7. The van der Waals surface area contributed by atoms with Crippen LogP contribution >= 0.6 is 0 Å². The van der Waals surface area contributed by atoms with Crippen LogP contribution in [-0.4, -0.2) is 95.0 Å². The molecule has 2 saturated heterocycles. The molecule has 36 heavy (non-hydrogen) atoms. The Hall–Kier alpha value is -4.02. The molecule has 1 aromatic carbocycles. The van der Waals surface area contributed by atoms with Crippen LogP contribution < -0.4 is 10.2 Å². The standard InChI is InChI=1S/C25H30N8O3/c1-30-23-22(24(35)31(2)25(30)36)33(16-26-23)15-21(34)27-18-9-7-17(8-10-18)19-11-12-20(29-28-19)32-13-5-3-4-6-14-32/h7-12,16,22-23H,3-6,13-15H2,1-2H3,(H,27,34). The normalized spacial score (nSPS) is 22.1.